The second kappa shape index (κ2) is 5.13. The van der Waals surface area contributed by atoms with Crippen molar-refractivity contribution in [3.63, 3.8) is 0 Å². The van der Waals surface area contributed by atoms with Gasteiger partial charge < -0.3 is 10.2 Å². The van der Waals surface area contributed by atoms with Crippen LogP contribution in [0.2, 0.25) is 0 Å². The van der Waals surface area contributed by atoms with Crippen molar-refractivity contribution in [3.05, 3.63) is 29.8 Å². The first kappa shape index (κ1) is 13.3. The van der Waals surface area contributed by atoms with Crippen molar-refractivity contribution >= 4 is 11.6 Å². The number of para-hydroxylation sites is 1. The highest BCUT2D eigenvalue weighted by molar-refractivity contribution is 6.06. The molecule has 21 heavy (non-hydrogen) atoms. The lowest BCUT2D eigenvalue weighted by Gasteiger charge is -2.42. The Hall–Kier alpha value is -1.35. The Bertz CT molecular complexity index is 540. The Morgan fingerprint density at radius 1 is 1.05 bits per heavy atom. The van der Waals surface area contributed by atoms with Gasteiger partial charge in [0, 0.05) is 11.7 Å². The topological polar surface area (TPSA) is 32.3 Å². The molecular weight excluding hydrogens is 260 g/mol. The maximum absolute atomic E-state index is 12.6. The van der Waals surface area contributed by atoms with E-state index in [0.717, 1.165) is 18.5 Å². The molecule has 1 spiro atoms. The van der Waals surface area contributed by atoms with Crippen LogP contribution in [0.25, 0.3) is 0 Å². The van der Waals surface area contributed by atoms with Gasteiger partial charge in [0.15, 0.2) is 0 Å². The molecule has 4 rings (SSSR count). The summed E-state index contributed by atoms with van der Waals surface area (Å²) in [6.07, 6.45) is 8.45. The summed E-state index contributed by atoms with van der Waals surface area (Å²) in [6, 6.07) is 8.97. The molecule has 1 amide bonds. The minimum Gasteiger partial charge on any atom is -0.325 e. The average Bonchev–Trinajstić information content (AvgIpc) is 2.82. The molecule has 112 valence electrons. The quantitative estimate of drug-likeness (QED) is 0.858. The number of nitrogens with zero attached hydrogens (tertiary/aromatic N) is 1. The number of likely N-dealkylation sites (tertiary alicyclic amines) is 1. The Morgan fingerprint density at radius 3 is 2.52 bits per heavy atom. The summed E-state index contributed by atoms with van der Waals surface area (Å²) in [6.45, 7) is 2.53. The molecule has 0 aromatic heterocycles. The van der Waals surface area contributed by atoms with E-state index in [0.29, 0.717) is 6.04 Å². The number of hydrogen-bond acceptors (Lipinski definition) is 2. The van der Waals surface area contributed by atoms with Crippen LogP contribution in [0, 0.1) is 0 Å². The molecule has 2 aliphatic heterocycles. The fraction of sp³-hybridized carbons (Fsp3) is 0.611. The molecule has 0 atom stereocenters. The molecule has 1 saturated carbocycles. The van der Waals surface area contributed by atoms with Gasteiger partial charge in [-0.3, -0.25) is 4.79 Å². The second-order valence-corrected chi connectivity index (χ2v) is 6.91. The molecule has 0 bridgehead atoms. The van der Waals surface area contributed by atoms with Crippen molar-refractivity contribution in [2.24, 2.45) is 0 Å². The Labute approximate surface area is 126 Å². The highest BCUT2D eigenvalue weighted by Gasteiger charge is 2.48. The first-order chi connectivity index (χ1) is 10.3. The molecule has 1 saturated heterocycles. The zero-order valence-electron chi connectivity index (χ0n) is 12.6. The Balaban J connectivity index is 1.53. The molecular formula is C18H24N2O. The van der Waals surface area contributed by atoms with Crippen molar-refractivity contribution in [2.45, 2.75) is 56.4 Å². The first-order valence-electron chi connectivity index (χ1n) is 8.45. The van der Waals surface area contributed by atoms with Crippen LogP contribution in [0.15, 0.2) is 24.3 Å². The van der Waals surface area contributed by atoms with E-state index in [1.807, 2.05) is 12.1 Å². The monoisotopic (exact) mass is 284 g/mol. The summed E-state index contributed by atoms with van der Waals surface area (Å²) in [5.41, 5.74) is 2.05. The van der Waals surface area contributed by atoms with Crippen LogP contribution in [-0.4, -0.2) is 29.9 Å². The van der Waals surface area contributed by atoms with Gasteiger partial charge in [-0.2, -0.15) is 0 Å². The molecule has 3 aliphatic rings. The van der Waals surface area contributed by atoms with E-state index in [1.165, 1.54) is 50.8 Å². The highest BCUT2D eigenvalue weighted by atomic mass is 16.2. The normalized spacial score (nSPS) is 33.0. The zero-order chi connectivity index (χ0) is 14.3. The third-order valence-electron chi connectivity index (χ3n) is 5.84. The van der Waals surface area contributed by atoms with Crippen LogP contribution in [0.5, 0.6) is 0 Å². The van der Waals surface area contributed by atoms with Gasteiger partial charge in [0.05, 0.1) is 5.41 Å². The number of carbonyl (C=O) groups excluding carboxylic acids is 1. The predicted octanol–water partition coefficient (Wildman–Crippen LogP) is 3.31. The summed E-state index contributed by atoms with van der Waals surface area (Å²) in [7, 11) is 0. The largest absolute Gasteiger partial charge is 0.325 e. The number of piperidine rings is 1. The van der Waals surface area contributed by atoms with Gasteiger partial charge in [-0.15, -0.1) is 0 Å². The fourth-order valence-electron chi connectivity index (χ4n) is 4.61. The second-order valence-electron chi connectivity index (χ2n) is 6.91. The van der Waals surface area contributed by atoms with Crippen molar-refractivity contribution in [3.8, 4) is 0 Å². The Kier molecular flexibility index (Phi) is 3.26. The number of carbonyl (C=O) groups is 1. The summed E-state index contributed by atoms with van der Waals surface area (Å²) in [4.78, 5) is 15.2. The smallest absolute Gasteiger partial charge is 0.235 e. The van der Waals surface area contributed by atoms with Crippen LogP contribution in [0.3, 0.4) is 0 Å². The van der Waals surface area contributed by atoms with Crippen molar-refractivity contribution in [2.75, 3.05) is 18.4 Å². The zero-order valence-corrected chi connectivity index (χ0v) is 12.6. The highest BCUT2D eigenvalue weighted by Crippen LogP contribution is 2.48. The van der Waals surface area contributed by atoms with E-state index in [9.17, 15) is 4.79 Å². The molecule has 1 N–H and O–H groups in total. The predicted molar refractivity (Wildman–Crippen MR) is 84.4 cm³/mol. The summed E-state index contributed by atoms with van der Waals surface area (Å²) in [5.74, 6) is 0.237. The summed E-state index contributed by atoms with van der Waals surface area (Å²) >= 11 is 0. The van der Waals surface area contributed by atoms with E-state index in [2.05, 4.69) is 22.3 Å². The van der Waals surface area contributed by atoms with E-state index in [4.69, 9.17) is 0 Å². The van der Waals surface area contributed by atoms with Crippen LogP contribution < -0.4 is 5.32 Å². The number of rotatable bonds is 1. The van der Waals surface area contributed by atoms with Gasteiger partial charge >= 0.3 is 0 Å². The van der Waals surface area contributed by atoms with Gasteiger partial charge in [0.2, 0.25) is 5.91 Å². The van der Waals surface area contributed by atoms with Gasteiger partial charge in [0.1, 0.15) is 0 Å². The molecule has 1 aromatic carbocycles. The number of fused-ring (bicyclic) bond motifs is 2. The van der Waals surface area contributed by atoms with Gasteiger partial charge in [-0.1, -0.05) is 24.6 Å². The minimum atomic E-state index is -0.233. The first-order valence-corrected chi connectivity index (χ1v) is 8.45. The molecule has 3 nitrogen and oxygen atoms in total. The number of nitrogens with one attached hydrogen (secondary N) is 1. The third kappa shape index (κ3) is 2.10. The van der Waals surface area contributed by atoms with Gasteiger partial charge in [-0.05, 0) is 63.2 Å². The molecule has 2 fully saturated rings. The maximum atomic E-state index is 12.6. The lowest BCUT2D eigenvalue weighted by molar-refractivity contribution is -0.122. The SMILES string of the molecule is O=C1Nc2ccccc2C12CCC(N1CCCCC1)CC2. The fourth-order valence-corrected chi connectivity index (χ4v) is 4.61. The van der Waals surface area contributed by atoms with E-state index < -0.39 is 0 Å². The van der Waals surface area contributed by atoms with Crippen molar-refractivity contribution in [1.82, 2.24) is 4.90 Å². The number of amides is 1. The number of anilines is 1. The minimum absolute atomic E-state index is 0.233. The van der Waals surface area contributed by atoms with E-state index >= 15 is 0 Å². The molecule has 1 aliphatic carbocycles. The lowest BCUT2D eigenvalue weighted by atomic mass is 9.68. The van der Waals surface area contributed by atoms with Crippen LogP contribution in [0.1, 0.15) is 50.5 Å². The Morgan fingerprint density at radius 2 is 1.76 bits per heavy atom. The molecule has 0 radical (unpaired) electrons. The number of hydrogen-bond donors (Lipinski definition) is 1. The maximum Gasteiger partial charge on any atom is 0.235 e. The molecule has 2 heterocycles. The molecule has 1 aromatic rings. The van der Waals surface area contributed by atoms with Crippen LogP contribution in [-0.2, 0) is 10.2 Å². The lowest BCUT2D eigenvalue weighted by Crippen LogP contribution is -2.46. The standard InChI is InChI=1S/C18H24N2O/c21-17-18(15-6-2-3-7-16(15)19-17)10-8-14(9-11-18)20-12-4-1-5-13-20/h2-3,6-7,14H,1,4-5,8-13H2,(H,19,21). The molecule has 0 unspecified atom stereocenters. The van der Waals surface area contributed by atoms with Crippen molar-refractivity contribution in [1.29, 1.82) is 0 Å². The number of benzene rings is 1. The van der Waals surface area contributed by atoms with Gasteiger partial charge in [0.25, 0.3) is 0 Å². The average molecular weight is 284 g/mol. The third-order valence-corrected chi connectivity index (χ3v) is 5.84. The summed E-state index contributed by atoms with van der Waals surface area (Å²) in [5, 5.41) is 3.10. The van der Waals surface area contributed by atoms with Crippen LogP contribution >= 0.6 is 0 Å². The van der Waals surface area contributed by atoms with E-state index in [1.54, 1.807) is 0 Å². The van der Waals surface area contributed by atoms with E-state index in [-0.39, 0.29) is 11.3 Å². The molecule has 3 heteroatoms. The summed E-state index contributed by atoms with van der Waals surface area (Å²) < 4.78 is 0. The van der Waals surface area contributed by atoms with Crippen LogP contribution in [0.4, 0.5) is 5.69 Å². The van der Waals surface area contributed by atoms with Gasteiger partial charge in [-0.25, -0.2) is 0 Å². The van der Waals surface area contributed by atoms with Crippen molar-refractivity contribution < 1.29 is 4.79 Å².